The Bertz CT molecular complexity index is 2060. The number of carbonyl (C=O) groups excluding carboxylic acids is 3. The highest BCUT2D eigenvalue weighted by Crippen LogP contribution is 2.35. The number of nitrogens with one attached hydrogen (secondary N) is 2. The van der Waals surface area contributed by atoms with Gasteiger partial charge in [0.2, 0.25) is 0 Å². The van der Waals surface area contributed by atoms with Gasteiger partial charge in [-0.2, -0.15) is 5.10 Å². The molecule has 1 aliphatic rings. The van der Waals surface area contributed by atoms with Crippen molar-refractivity contribution in [1.29, 1.82) is 0 Å². The highest BCUT2D eigenvalue weighted by Gasteiger charge is 2.29. The number of rotatable bonds is 10. The highest BCUT2D eigenvalue weighted by atomic mass is 19.2. The highest BCUT2D eigenvalue weighted by molar-refractivity contribution is 6.04. The van der Waals surface area contributed by atoms with Crippen LogP contribution in [0.15, 0.2) is 72.9 Å². The second-order valence-corrected chi connectivity index (χ2v) is 11.3. The first-order valence-electron chi connectivity index (χ1n) is 14.9. The number of nitrogens with zero attached hydrogens (tertiary/aromatic N) is 3. The van der Waals surface area contributed by atoms with Crippen LogP contribution in [0, 0.1) is 18.6 Å². The number of hydrogen-bond acceptors (Lipinski definition) is 6. The van der Waals surface area contributed by atoms with E-state index in [0.29, 0.717) is 30.4 Å². The zero-order valence-electron chi connectivity index (χ0n) is 25.2. The molecule has 0 aliphatic heterocycles. The maximum atomic E-state index is 13.8. The first-order chi connectivity index (χ1) is 22.6. The van der Waals surface area contributed by atoms with Crippen LogP contribution in [0.4, 0.5) is 8.78 Å². The van der Waals surface area contributed by atoms with Gasteiger partial charge in [0.25, 0.3) is 11.8 Å². The molecule has 47 heavy (non-hydrogen) atoms. The molecule has 0 bridgehead atoms. The second kappa shape index (κ2) is 12.9. The lowest BCUT2D eigenvalue weighted by molar-refractivity contribution is 0.0695. The van der Waals surface area contributed by atoms with Crippen LogP contribution in [0.3, 0.4) is 0 Å². The number of amides is 2. The zero-order chi connectivity index (χ0) is 33.2. The average molecular weight is 638 g/mol. The Balaban J connectivity index is 1.31. The smallest absolute Gasteiger partial charge is 0.335 e. The quantitative estimate of drug-likeness (QED) is 0.179. The summed E-state index contributed by atoms with van der Waals surface area (Å²) in [6.07, 6.45) is 3.01. The van der Waals surface area contributed by atoms with Gasteiger partial charge in [0.15, 0.2) is 23.1 Å². The van der Waals surface area contributed by atoms with Crippen LogP contribution in [-0.4, -0.2) is 43.3 Å². The van der Waals surface area contributed by atoms with Crippen molar-refractivity contribution in [3.05, 3.63) is 135 Å². The van der Waals surface area contributed by atoms with E-state index >= 15 is 0 Å². The summed E-state index contributed by atoms with van der Waals surface area (Å²) < 4.78 is 28.3. The number of fused-ring (bicyclic) bond motifs is 2. The van der Waals surface area contributed by atoms with Crippen molar-refractivity contribution in [2.45, 2.75) is 45.2 Å². The Morgan fingerprint density at radius 1 is 0.936 bits per heavy atom. The van der Waals surface area contributed by atoms with Crippen LogP contribution in [0.1, 0.15) is 88.4 Å². The van der Waals surface area contributed by atoms with Gasteiger partial charge in [-0.25, -0.2) is 23.1 Å². The Morgan fingerprint density at radius 2 is 1.72 bits per heavy atom. The predicted octanol–water partition coefficient (Wildman–Crippen LogP) is 5.18. The molecule has 0 fully saturated rings. The third kappa shape index (κ3) is 6.35. The fourth-order valence-corrected chi connectivity index (χ4v) is 5.89. The van der Waals surface area contributed by atoms with Gasteiger partial charge in [-0.1, -0.05) is 42.5 Å². The van der Waals surface area contributed by atoms with Crippen molar-refractivity contribution in [1.82, 2.24) is 25.2 Å². The molecule has 5 aromatic rings. The number of benzene rings is 3. The lowest BCUT2D eigenvalue weighted by Gasteiger charge is -2.16. The number of ketones is 1. The zero-order valence-corrected chi connectivity index (χ0v) is 25.2. The van der Waals surface area contributed by atoms with Crippen molar-refractivity contribution in [2.75, 3.05) is 0 Å². The number of halogens is 2. The first kappa shape index (κ1) is 31.2. The summed E-state index contributed by atoms with van der Waals surface area (Å²) in [6.45, 7) is 1.59. The van der Waals surface area contributed by atoms with E-state index in [1.54, 1.807) is 13.0 Å². The largest absolute Gasteiger partial charge is 0.478 e. The summed E-state index contributed by atoms with van der Waals surface area (Å²) in [5.41, 5.74) is 3.68. The Hall–Kier alpha value is -5.78. The number of carbonyl (C=O) groups is 4. The molecule has 2 heterocycles. The molecule has 1 aliphatic carbocycles. The number of aromatic nitrogens is 3. The van der Waals surface area contributed by atoms with E-state index in [0.717, 1.165) is 28.8 Å². The lowest BCUT2D eigenvalue weighted by atomic mass is 9.98. The van der Waals surface area contributed by atoms with Crippen LogP contribution in [0.5, 0.6) is 0 Å². The van der Waals surface area contributed by atoms with E-state index in [9.17, 15) is 33.1 Å². The average Bonchev–Trinajstić information content (AvgIpc) is 3.69. The van der Waals surface area contributed by atoms with E-state index < -0.39 is 35.5 Å². The molecule has 2 aromatic heterocycles. The first-order valence-corrected chi connectivity index (χ1v) is 14.9. The summed E-state index contributed by atoms with van der Waals surface area (Å²) in [5.74, 6) is -4.68. The Kier molecular flexibility index (Phi) is 8.57. The summed E-state index contributed by atoms with van der Waals surface area (Å²) in [5, 5.41) is 19.4. The predicted molar refractivity (Wildman–Crippen MR) is 166 cm³/mol. The molecule has 2 amide bonds. The van der Waals surface area contributed by atoms with Crippen LogP contribution >= 0.6 is 0 Å². The fraction of sp³-hybridized carbons (Fsp3) is 0.200. The molecule has 238 valence electrons. The molecule has 6 rings (SSSR count). The summed E-state index contributed by atoms with van der Waals surface area (Å²) in [4.78, 5) is 56.5. The summed E-state index contributed by atoms with van der Waals surface area (Å²) in [7, 11) is 0. The lowest BCUT2D eigenvalue weighted by Crippen LogP contribution is -2.31. The molecule has 0 radical (unpaired) electrons. The maximum Gasteiger partial charge on any atom is 0.335 e. The van der Waals surface area contributed by atoms with Crippen LogP contribution < -0.4 is 10.6 Å². The molecule has 3 aromatic carbocycles. The summed E-state index contributed by atoms with van der Waals surface area (Å²) >= 11 is 0. The van der Waals surface area contributed by atoms with E-state index in [4.69, 9.17) is 0 Å². The fourth-order valence-electron chi connectivity index (χ4n) is 5.89. The topological polar surface area (TPSA) is 143 Å². The molecule has 1 atom stereocenters. The molecule has 0 saturated carbocycles. The van der Waals surface area contributed by atoms with Gasteiger partial charge in [0.1, 0.15) is 11.4 Å². The minimum Gasteiger partial charge on any atom is -0.478 e. The van der Waals surface area contributed by atoms with Crippen molar-refractivity contribution < 1.29 is 33.1 Å². The molecular formula is C35H29F2N5O5. The monoisotopic (exact) mass is 637 g/mol. The minimum absolute atomic E-state index is 0.0162. The van der Waals surface area contributed by atoms with Gasteiger partial charge in [-0.05, 0) is 72.2 Å². The molecule has 3 N–H and O–H groups in total. The van der Waals surface area contributed by atoms with Gasteiger partial charge >= 0.3 is 5.97 Å². The van der Waals surface area contributed by atoms with Crippen LogP contribution in [0.2, 0.25) is 0 Å². The molecular weight excluding hydrogens is 608 g/mol. The van der Waals surface area contributed by atoms with Gasteiger partial charge in [-0.3, -0.25) is 14.4 Å². The molecule has 0 spiro atoms. The van der Waals surface area contributed by atoms with Gasteiger partial charge in [0, 0.05) is 19.0 Å². The van der Waals surface area contributed by atoms with Crippen molar-refractivity contribution >= 4 is 29.2 Å². The standard InChI is InChI=1S/C35H29F2N5O5/c1-19-22-11-13-28(24(22)10-9-23(19)35(46)47)41-34(45)30-16-29(33(44)38-17-21-7-12-26(36)27(37)15-21)40-32-25(18-39-42(30)32)31(43)14-8-20-5-3-2-4-6-20/h2-7,9-10,12,15-16,18,28H,8,11,13-14,17H2,1H3,(H,38,44)(H,41,45)(H,46,47)/t28-/m0/s1. The molecule has 0 unspecified atom stereocenters. The number of carboxylic acids is 1. The number of aryl methyl sites for hydroxylation is 1. The van der Waals surface area contributed by atoms with E-state index in [1.165, 1.54) is 28.9 Å². The van der Waals surface area contributed by atoms with Gasteiger partial charge in [-0.15, -0.1) is 0 Å². The molecule has 10 nitrogen and oxygen atoms in total. The van der Waals surface area contributed by atoms with E-state index in [2.05, 4.69) is 20.7 Å². The van der Waals surface area contributed by atoms with Gasteiger partial charge < -0.3 is 15.7 Å². The van der Waals surface area contributed by atoms with Gasteiger partial charge in [0.05, 0.1) is 23.4 Å². The Labute approximate surface area is 267 Å². The third-order valence-electron chi connectivity index (χ3n) is 8.39. The number of hydrogen-bond donors (Lipinski definition) is 3. The molecule has 0 saturated heterocycles. The van der Waals surface area contributed by atoms with E-state index in [1.807, 2.05) is 30.3 Å². The van der Waals surface area contributed by atoms with Crippen LogP contribution in [-0.2, 0) is 19.4 Å². The Morgan fingerprint density at radius 3 is 2.47 bits per heavy atom. The maximum absolute atomic E-state index is 13.8. The van der Waals surface area contributed by atoms with Crippen LogP contribution in [0.25, 0.3) is 5.65 Å². The third-order valence-corrected chi connectivity index (χ3v) is 8.39. The second-order valence-electron chi connectivity index (χ2n) is 11.3. The van der Waals surface area contributed by atoms with Crippen molar-refractivity contribution in [3.63, 3.8) is 0 Å². The van der Waals surface area contributed by atoms with E-state index in [-0.39, 0.29) is 46.9 Å². The normalized spacial score (nSPS) is 13.7. The summed E-state index contributed by atoms with van der Waals surface area (Å²) in [6, 6.07) is 16.7. The number of carboxylic acid groups (broad SMARTS) is 1. The van der Waals surface area contributed by atoms with Crippen molar-refractivity contribution in [3.8, 4) is 0 Å². The SMILES string of the molecule is Cc1c(C(=O)O)ccc2c1CC[C@@H]2NC(=O)c1cc(C(=O)NCc2ccc(F)c(F)c2)nc2c(C(=O)CCc3ccccc3)cnn12. The minimum atomic E-state index is -1.06. The van der Waals surface area contributed by atoms with Crippen molar-refractivity contribution in [2.24, 2.45) is 0 Å². The number of aromatic carboxylic acids is 1. The molecule has 12 heteroatoms. The number of Topliss-reactive ketones (excluding diaryl/α,β-unsaturated/α-hetero) is 1.